The molecule has 0 spiro atoms. The first-order valence-corrected chi connectivity index (χ1v) is 4.66. The van der Waals surface area contributed by atoms with Crippen LogP contribution in [0.4, 0.5) is 0 Å². The Morgan fingerprint density at radius 2 is 2.42 bits per heavy atom. The minimum atomic E-state index is 0.0381. The molecule has 1 aliphatic heterocycles. The summed E-state index contributed by atoms with van der Waals surface area (Å²) in [5.41, 5.74) is 0. The smallest absolute Gasteiger partial charge is 0.235 e. The van der Waals surface area contributed by atoms with Crippen LogP contribution >= 0.6 is 11.3 Å². The fourth-order valence-electron chi connectivity index (χ4n) is 1.24. The summed E-state index contributed by atoms with van der Waals surface area (Å²) >= 11 is 1.71. The second-order valence-corrected chi connectivity index (χ2v) is 4.15. The van der Waals surface area contributed by atoms with Crippen LogP contribution < -0.4 is 10.6 Å². The quantitative estimate of drug-likeness (QED) is 0.673. The molecule has 1 amide bonds. The first-order chi connectivity index (χ1) is 5.75. The second kappa shape index (κ2) is 2.88. The van der Waals surface area contributed by atoms with Gasteiger partial charge in [-0.2, -0.15) is 0 Å². The highest BCUT2D eigenvalue weighted by molar-refractivity contribution is 7.12. The van der Waals surface area contributed by atoms with Gasteiger partial charge in [0.1, 0.15) is 6.17 Å². The number of nitrogens with one attached hydrogen (secondary N) is 2. The number of hydrogen-bond acceptors (Lipinski definition) is 3. The van der Waals surface area contributed by atoms with E-state index in [0.717, 1.165) is 0 Å². The Balaban J connectivity index is 2.15. The number of thiophene rings is 1. The first-order valence-electron chi connectivity index (χ1n) is 3.85. The van der Waals surface area contributed by atoms with Crippen molar-refractivity contribution in [2.45, 2.75) is 13.1 Å². The third kappa shape index (κ3) is 1.35. The van der Waals surface area contributed by atoms with Gasteiger partial charge >= 0.3 is 0 Å². The van der Waals surface area contributed by atoms with E-state index in [1.54, 1.807) is 11.3 Å². The van der Waals surface area contributed by atoms with Crippen LogP contribution in [0.2, 0.25) is 0 Å². The molecule has 12 heavy (non-hydrogen) atoms. The van der Waals surface area contributed by atoms with Gasteiger partial charge in [0.2, 0.25) is 5.91 Å². The summed E-state index contributed by atoms with van der Waals surface area (Å²) in [6.07, 6.45) is 0.0381. The number of aryl methyl sites for hydroxylation is 1. The van der Waals surface area contributed by atoms with E-state index in [2.05, 4.69) is 23.6 Å². The largest absolute Gasteiger partial charge is 0.335 e. The highest BCUT2D eigenvalue weighted by Gasteiger charge is 2.21. The van der Waals surface area contributed by atoms with Gasteiger partial charge in [-0.05, 0) is 19.1 Å². The van der Waals surface area contributed by atoms with Crippen molar-refractivity contribution < 1.29 is 4.79 Å². The average molecular weight is 182 g/mol. The van der Waals surface area contributed by atoms with Gasteiger partial charge in [-0.15, -0.1) is 11.3 Å². The molecular weight excluding hydrogens is 172 g/mol. The number of hydrogen-bond donors (Lipinski definition) is 2. The zero-order valence-electron chi connectivity index (χ0n) is 6.76. The monoisotopic (exact) mass is 182 g/mol. The molecule has 0 aromatic carbocycles. The number of carbonyl (C=O) groups excluding carboxylic acids is 1. The summed E-state index contributed by atoms with van der Waals surface area (Å²) in [7, 11) is 0. The van der Waals surface area contributed by atoms with Crippen molar-refractivity contribution in [2.75, 3.05) is 6.54 Å². The number of rotatable bonds is 1. The fraction of sp³-hybridized carbons (Fsp3) is 0.375. The van der Waals surface area contributed by atoms with Crippen molar-refractivity contribution in [3.63, 3.8) is 0 Å². The van der Waals surface area contributed by atoms with Crippen molar-refractivity contribution in [3.05, 3.63) is 21.9 Å². The van der Waals surface area contributed by atoms with Crippen LogP contribution in [-0.4, -0.2) is 12.5 Å². The van der Waals surface area contributed by atoms with Gasteiger partial charge in [0.25, 0.3) is 0 Å². The molecule has 0 saturated carbocycles. The van der Waals surface area contributed by atoms with Gasteiger partial charge < -0.3 is 5.32 Å². The second-order valence-electron chi connectivity index (χ2n) is 2.83. The molecule has 2 rings (SSSR count). The predicted octanol–water partition coefficient (Wildman–Crippen LogP) is 0.775. The van der Waals surface area contributed by atoms with Crippen LogP contribution in [0.5, 0.6) is 0 Å². The lowest BCUT2D eigenvalue weighted by molar-refractivity contribution is -0.118. The molecule has 1 aliphatic rings. The Morgan fingerprint density at radius 1 is 1.58 bits per heavy atom. The lowest BCUT2D eigenvalue weighted by Crippen LogP contribution is -2.21. The maximum Gasteiger partial charge on any atom is 0.235 e. The van der Waals surface area contributed by atoms with Crippen LogP contribution in [0.1, 0.15) is 15.9 Å². The highest BCUT2D eigenvalue weighted by Crippen LogP contribution is 2.22. The number of carbonyl (C=O) groups is 1. The topological polar surface area (TPSA) is 41.1 Å². The molecule has 2 heterocycles. The molecule has 1 fully saturated rings. The van der Waals surface area contributed by atoms with Crippen LogP contribution in [0.15, 0.2) is 12.1 Å². The maximum absolute atomic E-state index is 10.9. The summed E-state index contributed by atoms with van der Waals surface area (Å²) in [5, 5.41) is 5.93. The van der Waals surface area contributed by atoms with Crippen molar-refractivity contribution in [1.82, 2.24) is 10.6 Å². The molecule has 3 nitrogen and oxygen atoms in total. The van der Waals surface area contributed by atoms with E-state index in [0.29, 0.717) is 6.54 Å². The van der Waals surface area contributed by atoms with E-state index in [4.69, 9.17) is 0 Å². The predicted molar refractivity (Wildman–Crippen MR) is 47.9 cm³/mol. The van der Waals surface area contributed by atoms with E-state index in [1.165, 1.54) is 9.75 Å². The Labute approximate surface area is 74.8 Å². The summed E-state index contributed by atoms with van der Waals surface area (Å²) in [4.78, 5) is 13.3. The minimum absolute atomic E-state index is 0.0381. The van der Waals surface area contributed by atoms with Crippen molar-refractivity contribution in [3.8, 4) is 0 Å². The third-order valence-electron chi connectivity index (χ3n) is 1.82. The molecule has 1 atom stereocenters. The van der Waals surface area contributed by atoms with E-state index in [9.17, 15) is 4.79 Å². The Kier molecular flexibility index (Phi) is 1.86. The molecule has 0 aliphatic carbocycles. The average Bonchev–Trinajstić information content (AvgIpc) is 2.58. The molecule has 1 aromatic rings. The fourth-order valence-corrected chi connectivity index (χ4v) is 2.14. The lowest BCUT2D eigenvalue weighted by atomic mass is 10.4. The summed E-state index contributed by atoms with van der Waals surface area (Å²) in [5.74, 6) is 0.0750. The zero-order valence-corrected chi connectivity index (χ0v) is 7.57. The van der Waals surface area contributed by atoms with Crippen molar-refractivity contribution >= 4 is 17.2 Å². The van der Waals surface area contributed by atoms with Crippen LogP contribution in [0, 0.1) is 6.92 Å². The molecule has 4 heteroatoms. The summed E-state index contributed by atoms with van der Waals surface area (Å²) in [6.45, 7) is 2.49. The SMILES string of the molecule is Cc1ccc(C2NCC(=O)N2)s1. The molecule has 0 radical (unpaired) electrons. The van der Waals surface area contributed by atoms with Gasteiger partial charge in [0.15, 0.2) is 0 Å². The number of amides is 1. The van der Waals surface area contributed by atoms with E-state index < -0.39 is 0 Å². The molecule has 1 unspecified atom stereocenters. The summed E-state index contributed by atoms with van der Waals surface area (Å²) < 4.78 is 0. The Bertz CT molecular complexity index is 308. The Hall–Kier alpha value is -0.870. The third-order valence-corrected chi connectivity index (χ3v) is 2.88. The lowest BCUT2D eigenvalue weighted by Gasteiger charge is -2.06. The molecule has 1 saturated heterocycles. The van der Waals surface area contributed by atoms with E-state index in [-0.39, 0.29) is 12.1 Å². The van der Waals surface area contributed by atoms with Crippen molar-refractivity contribution in [2.24, 2.45) is 0 Å². The van der Waals surface area contributed by atoms with Crippen LogP contribution in [-0.2, 0) is 4.79 Å². The normalized spacial score (nSPS) is 22.8. The van der Waals surface area contributed by atoms with E-state index >= 15 is 0 Å². The first kappa shape index (κ1) is 7.76. The minimum Gasteiger partial charge on any atom is -0.335 e. The highest BCUT2D eigenvalue weighted by atomic mass is 32.1. The zero-order chi connectivity index (χ0) is 8.55. The van der Waals surface area contributed by atoms with E-state index in [1.807, 2.05) is 6.07 Å². The molecule has 1 aromatic heterocycles. The maximum atomic E-state index is 10.9. The molecule has 0 bridgehead atoms. The van der Waals surface area contributed by atoms with Crippen molar-refractivity contribution in [1.29, 1.82) is 0 Å². The standard InChI is InChI=1S/C8H10N2OS/c1-5-2-3-6(12-5)8-9-4-7(11)10-8/h2-3,8-9H,4H2,1H3,(H,10,11). The van der Waals surface area contributed by atoms with Gasteiger partial charge in [-0.25, -0.2) is 0 Å². The van der Waals surface area contributed by atoms with Gasteiger partial charge in [0.05, 0.1) is 6.54 Å². The van der Waals surface area contributed by atoms with Gasteiger partial charge in [0, 0.05) is 9.75 Å². The van der Waals surface area contributed by atoms with Crippen LogP contribution in [0.25, 0.3) is 0 Å². The van der Waals surface area contributed by atoms with Gasteiger partial charge in [-0.1, -0.05) is 0 Å². The summed E-state index contributed by atoms with van der Waals surface area (Å²) in [6, 6.07) is 4.11. The Morgan fingerprint density at radius 3 is 2.92 bits per heavy atom. The van der Waals surface area contributed by atoms with Gasteiger partial charge in [-0.3, -0.25) is 10.1 Å². The van der Waals surface area contributed by atoms with Crippen LogP contribution in [0.3, 0.4) is 0 Å². The molecular formula is C8H10N2OS. The molecule has 2 N–H and O–H groups in total. The molecule has 64 valence electrons.